The van der Waals surface area contributed by atoms with Crippen LogP contribution in [0.2, 0.25) is 0 Å². The molecule has 5 aromatic rings. The second-order valence-electron chi connectivity index (χ2n) is 16.4. The molecule has 0 saturated carbocycles. The fourth-order valence-electron chi connectivity index (χ4n) is 8.93. The summed E-state index contributed by atoms with van der Waals surface area (Å²) in [6.45, 7) is 16.0. The molecule has 3 fully saturated rings. The van der Waals surface area contributed by atoms with Gasteiger partial charge in [-0.05, 0) is 13.0 Å². The minimum absolute atomic E-state index is 0.0126. The molecule has 2 amide bonds. The molecule has 2 aromatic carbocycles. The Hall–Kier alpha value is -4.34. The van der Waals surface area contributed by atoms with Gasteiger partial charge < -0.3 is 0 Å². The molecule has 3 aromatic heterocycles. The number of anilines is 3. The molecule has 0 radical (unpaired) electrons. The predicted octanol–water partition coefficient (Wildman–Crippen LogP) is 2.80. The van der Waals surface area contributed by atoms with E-state index in [2.05, 4.69) is 115 Å². The zero-order chi connectivity index (χ0) is 38.2. The van der Waals surface area contributed by atoms with Crippen molar-refractivity contribution >= 4 is 34.7 Å². The summed E-state index contributed by atoms with van der Waals surface area (Å²) in [6, 6.07) is 17.3. The van der Waals surface area contributed by atoms with Crippen LogP contribution >= 0.6 is 0 Å². The number of alkyl halides is 1. The number of carbonyl (C=O) groups excluding carboxylic acids is 2. The summed E-state index contributed by atoms with van der Waals surface area (Å²) in [6.07, 6.45) is 12.9. The molecular weight excluding hydrogens is 803 g/mol. The van der Waals surface area contributed by atoms with Gasteiger partial charge in [-0.15, -0.1) is 0 Å². The molecule has 12 nitrogen and oxygen atoms in total. The monoisotopic (exact) mass is 856 g/mol. The fraction of sp³-hybridized carbons (Fsp3) is 0.452. The molecular formula is C42H53IN10O2. The molecule has 1 atom stereocenters. The third kappa shape index (κ3) is 8.29. The van der Waals surface area contributed by atoms with Gasteiger partial charge in [0.1, 0.15) is 0 Å². The molecule has 0 bridgehead atoms. The Morgan fingerprint density at radius 3 is 2.49 bits per heavy atom. The van der Waals surface area contributed by atoms with Gasteiger partial charge in [-0.1, -0.05) is 23.8 Å². The molecule has 6 heterocycles. The van der Waals surface area contributed by atoms with Crippen LogP contribution in [0, 0.1) is 12.3 Å². The molecule has 2 N–H and O–H groups in total. The Kier molecular flexibility index (Phi) is 10.7. The van der Waals surface area contributed by atoms with Crippen molar-refractivity contribution in [1.29, 1.82) is 0 Å². The van der Waals surface area contributed by atoms with Crippen molar-refractivity contribution in [2.45, 2.75) is 58.4 Å². The van der Waals surface area contributed by atoms with Crippen molar-refractivity contribution in [1.82, 2.24) is 34.4 Å². The molecule has 3 aliphatic rings. The molecule has 13 heteroatoms. The van der Waals surface area contributed by atoms with Crippen LogP contribution < -0.4 is 37.0 Å². The summed E-state index contributed by atoms with van der Waals surface area (Å²) in [7, 11) is 0. The van der Waals surface area contributed by atoms with E-state index in [4.69, 9.17) is 10.1 Å². The van der Waals surface area contributed by atoms with E-state index in [1.165, 1.54) is 33.6 Å². The van der Waals surface area contributed by atoms with Gasteiger partial charge in [0.2, 0.25) is 0 Å². The zero-order valence-electron chi connectivity index (χ0n) is 32.4. The first-order valence-corrected chi connectivity index (χ1v) is 22.7. The van der Waals surface area contributed by atoms with Crippen LogP contribution in [0.15, 0.2) is 79.5 Å². The Balaban J connectivity index is 0.825. The summed E-state index contributed by atoms with van der Waals surface area (Å²) in [5, 5.41) is 10.8. The number of nitrogens with zero attached hydrogens (tertiary/aromatic N) is 8. The van der Waals surface area contributed by atoms with E-state index in [9.17, 15) is 9.59 Å². The average molecular weight is 857 g/mol. The summed E-state index contributed by atoms with van der Waals surface area (Å²) in [5.74, 6) is 0.146. The number of aromatic nitrogens is 5. The minimum atomic E-state index is -0.233. The number of likely N-dealkylation sites (tertiary alicyclic amines) is 1. The van der Waals surface area contributed by atoms with E-state index in [1.807, 2.05) is 24.8 Å². The number of rotatable bonds is 11. The number of hydrogen-bond donors (Lipinski definition) is 2. The zero-order valence-corrected chi connectivity index (χ0v) is 34.6. The van der Waals surface area contributed by atoms with Crippen LogP contribution in [-0.4, -0.2) is 101 Å². The number of fused-ring (bicyclic) bond motifs is 1. The van der Waals surface area contributed by atoms with Crippen LogP contribution in [0.1, 0.15) is 62.6 Å². The Bertz CT molecular complexity index is 2140. The summed E-state index contributed by atoms with van der Waals surface area (Å²) < 4.78 is 5.48. The van der Waals surface area contributed by atoms with E-state index in [0.717, 1.165) is 79.5 Å². The van der Waals surface area contributed by atoms with Gasteiger partial charge >= 0.3 is 239 Å². The number of piperidine rings is 2. The summed E-state index contributed by atoms with van der Waals surface area (Å²) in [4.78, 5) is 41.0. The first-order chi connectivity index (χ1) is 26.6. The number of amides is 2. The molecule has 0 spiro atoms. The number of nitrogens with one attached hydrogen (secondary N) is 2. The number of imidazole rings is 1. The van der Waals surface area contributed by atoms with Crippen LogP contribution in [0.5, 0.6) is 0 Å². The standard InChI is InChI=1S/C42H53IN10O2/c1-30-6-5-7-32(24-30)37-26-45-39(40-44-16-19-51(37)40)47-33-25-46-52(27-33)35-14-17-49(18-15-35)28-42(2,3)29-53(43-4)22-20-50(21-23-53)34-10-8-31(9-11-34)36-12-13-38(54)48-41(36)55/h5-11,16,19,24-27,35-36H,12-15,17-18,20-23,28-29H2,1-4H3,(H,45,47)(H,48,54,55). The molecule has 0 aliphatic carbocycles. The van der Waals surface area contributed by atoms with Crippen LogP contribution in [0.25, 0.3) is 16.9 Å². The predicted molar refractivity (Wildman–Crippen MR) is 212 cm³/mol. The van der Waals surface area contributed by atoms with Crippen molar-refractivity contribution in [2.24, 2.45) is 5.41 Å². The van der Waals surface area contributed by atoms with Crippen molar-refractivity contribution in [3.05, 3.63) is 90.6 Å². The normalized spacial score (nSPS) is 19.9. The van der Waals surface area contributed by atoms with Gasteiger partial charge in [0.25, 0.3) is 0 Å². The SMILES string of the molecule is C[I-][N+]1(CC(C)(C)CN2CCC(n3cc(Nc4ncc(-c5cccc(C)c5)n5ccnc45)cn3)CC2)CCN(c2ccc(C3CCC(=O)NC3=O)cc2)CC1. The Morgan fingerprint density at radius 2 is 1.76 bits per heavy atom. The van der Waals surface area contributed by atoms with Crippen LogP contribution in [0.3, 0.4) is 0 Å². The fourth-order valence-corrected chi connectivity index (χ4v) is 11.6. The van der Waals surface area contributed by atoms with Gasteiger partial charge in [-0.2, -0.15) is 0 Å². The molecule has 290 valence electrons. The maximum atomic E-state index is 12.4. The van der Waals surface area contributed by atoms with E-state index in [-0.39, 0.29) is 44.6 Å². The summed E-state index contributed by atoms with van der Waals surface area (Å²) >= 11 is 0.0126. The van der Waals surface area contributed by atoms with E-state index in [1.54, 1.807) is 0 Å². The van der Waals surface area contributed by atoms with Gasteiger partial charge in [0, 0.05) is 18.0 Å². The first kappa shape index (κ1) is 37.6. The number of imide groups is 1. The number of carbonyl (C=O) groups is 2. The van der Waals surface area contributed by atoms with Crippen molar-refractivity contribution in [2.75, 3.05) is 67.5 Å². The number of benzene rings is 2. The van der Waals surface area contributed by atoms with Crippen LogP contribution in [0.4, 0.5) is 17.2 Å². The van der Waals surface area contributed by atoms with Crippen molar-refractivity contribution in [3.63, 3.8) is 0 Å². The summed E-state index contributed by atoms with van der Waals surface area (Å²) in [5.41, 5.74) is 7.49. The average Bonchev–Trinajstić information content (AvgIpc) is 3.87. The first-order valence-electron chi connectivity index (χ1n) is 19.6. The van der Waals surface area contributed by atoms with Crippen molar-refractivity contribution in [3.8, 4) is 11.3 Å². The quantitative estimate of drug-likeness (QED) is 0.0905. The molecule has 8 rings (SSSR count). The van der Waals surface area contributed by atoms with E-state index < -0.39 is 0 Å². The molecule has 1 unspecified atom stereocenters. The van der Waals surface area contributed by atoms with E-state index in [0.29, 0.717) is 18.9 Å². The third-order valence-corrected chi connectivity index (χ3v) is 15.1. The number of hydrogen-bond acceptors (Lipinski definition) is 8. The third-order valence-electron chi connectivity index (χ3n) is 11.7. The van der Waals surface area contributed by atoms with Gasteiger partial charge in [-0.3, -0.25) is 9.20 Å². The van der Waals surface area contributed by atoms with Gasteiger partial charge in [0.05, 0.1) is 11.9 Å². The molecule has 3 aliphatic heterocycles. The number of halogens is 1. The second-order valence-corrected chi connectivity index (χ2v) is 19.4. The van der Waals surface area contributed by atoms with Crippen molar-refractivity contribution < 1.29 is 33.8 Å². The number of aryl methyl sites for hydroxylation is 1. The maximum absolute atomic E-state index is 12.4. The van der Waals surface area contributed by atoms with Gasteiger partial charge in [-0.25, -0.2) is 9.97 Å². The van der Waals surface area contributed by atoms with E-state index >= 15 is 0 Å². The number of quaternary nitrogens is 1. The second kappa shape index (κ2) is 15.7. The molecule has 55 heavy (non-hydrogen) atoms. The van der Waals surface area contributed by atoms with Gasteiger partial charge in [0.15, 0.2) is 11.5 Å². The molecule has 3 saturated heterocycles. The topological polar surface area (TPSA) is 113 Å². The Labute approximate surface area is 334 Å². The van der Waals surface area contributed by atoms with Crippen LogP contribution in [-0.2, 0) is 9.59 Å². The Morgan fingerprint density at radius 1 is 0.982 bits per heavy atom. The number of piperazine rings is 1.